The Morgan fingerprint density at radius 2 is 1.57 bits per heavy atom. The average Bonchev–Trinajstić information content (AvgIpc) is 2.73. The van der Waals surface area contributed by atoms with Gasteiger partial charge in [0, 0.05) is 30.3 Å². The van der Waals surface area contributed by atoms with Crippen LogP contribution in [0.1, 0.15) is 44.0 Å². The quantitative estimate of drug-likeness (QED) is 0.518. The van der Waals surface area contributed by atoms with E-state index in [0.29, 0.717) is 42.3 Å². The second kappa shape index (κ2) is 11.6. The van der Waals surface area contributed by atoms with Gasteiger partial charge in [-0.25, -0.2) is 0 Å². The van der Waals surface area contributed by atoms with Crippen LogP contribution in [-0.2, 0) is 9.59 Å². The van der Waals surface area contributed by atoms with E-state index in [4.69, 9.17) is 4.74 Å². The van der Waals surface area contributed by atoms with E-state index in [9.17, 15) is 14.4 Å². The highest BCUT2D eigenvalue weighted by molar-refractivity contribution is 5.97. The number of carbonyl (C=O) groups excluding carboxylic acids is 3. The lowest BCUT2D eigenvalue weighted by atomic mass is 10.2. The first-order valence-corrected chi connectivity index (χ1v) is 10.1. The molecule has 2 aromatic rings. The lowest BCUT2D eigenvalue weighted by Crippen LogP contribution is -2.26. The fourth-order valence-corrected chi connectivity index (χ4v) is 2.63. The topological polar surface area (TPSA) is 96.5 Å². The highest BCUT2D eigenvalue weighted by Gasteiger charge is 2.12. The Morgan fingerprint density at radius 1 is 0.933 bits per heavy atom. The van der Waals surface area contributed by atoms with Crippen molar-refractivity contribution < 1.29 is 19.1 Å². The van der Waals surface area contributed by atoms with Gasteiger partial charge in [0.15, 0.2) is 0 Å². The maximum Gasteiger partial charge on any atom is 0.255 e. The number of hydrogen-bond acceptors (Lipinski definition) is 4. The van der Waals surface area contributed by atoms with E-state index in [1.165, 1.54) is 0 Å². The van der Waals surface area contributed by atoms with Gasteiger partial charge in [-0.15, -0.1) is 0 Å². The maximum atomic E-state index is 12.3. The Balaban J connectivity index is 1.74. The fraction of sp³-hybridized carbons (Fsp3) is 0.348. The van der Waals surface area contributed by atoms with Gasteiger partial charge in [0.2, 0.25) is 11.8 Å². The Bertz CT molecular complexity index is 863. The minimum atomic E-state index is -0.224. The smallest absolute Gasteiger partial charge is 0.255 e. The van der Waals surface area contributed by atoms with Crippen molar-refractivity contribution in [1.29, 1.82) is 0 Å². The Kier molecular flexibility index (Phi) is 8.87. The average molecular weight is 412 g/mol. The number of hydrogen-bond donors (Lipinski definition) is 3. The van der Waals surface area contributed by atoms with Gasteiger partial charge in [-0.2, -0.15) is 0 Å². The van der Waals surface area contributed by atoms with Gasteiger partial charge in [0.25, 0.3) is 5.91 Å². The lowest BCUT2D eigenvalue weighted by Gasteiger charge is -2.11. The zero-order chi connectivity index (χ0) is 21.9. The van der Waals surface area contributed by atoms with Gasteiger partial charge >= 0.3 is 0 Å². The van der Waals surface area contributed by atoms with Crippen molar-refractivity contribution in [2.75, 3.05) is 23.8 Å². The summed E-state index contributed by atoms with van der Waals surface area (Å²) in [7, 11) is 0. The van der Waals surface area contributed by atoms with Crippen LogP contribution in [0.2, 0.25) is 0 Å². The summed E-state index contributed by atoms with van der Waals surface area (Å²) in [4.78, 5) is 36.1. The maximum absolute atomic E-state index is 12.3. The zero-order valence-corrected chi connectivity index (χ0v) is 17.7. The van der Waals surface area contributed by atoms with Crippen LogP contribution >= 0.6 is 0 Å². The van der Waals surface area contributed by atoms with Crippen molar-refractivity contribution in [3.05, 3.63) is 54.1 Å². The van der Waals surface area contributed by atoms with Gasteiger partial charge in [-0.1, -0.05) is 26.0 Å². The number of para-hydroxylation sites is 1. The van der Waals surface area contributed by atoms with Crippen molar-refractivity contribution in [3.63, 3.8) is 0 Å². The Labute approximate surface area is 177 Å². The zero-order valence-electron chi connectivity index (χ0n) is 17.7. The minimum absolute atomic E-state index is 0.0577. The SMILES string of the molecule is CCOc1ccccc1C(=O)NCCCC(=O)Nc1ccc(NC(=O)C(C)C)cc1. The van der Waals surface area contributed by atoms with Crippen LogP contribution in [0.4, 0.5) is 11.4 Å². The summed E-state index contributed by atoms with van der Waals surface area (Å²) >= 11 is 0. The molecule has 0 spiro atoms. The fourth-order valence-electron chi connectivity index (χ4n) is 2.63. The molecular weight excluding hydrogens is 382 g/mol. The lowest BCUT2D eigenvalue weighted by molar-refractivity contribution is -0.119. The summed E-state index contributed by atoms with van der Waals surface area (Å²) < 4.78 is 5.46. The van der Waals surface area contributed by atoms with Crippen LogP contribution in [0.5, 0.6) is 5.75 Å². The monoisotopic (exact) mass is 411 g/mol. The molecule has 0 saturated carbocycles. The van der Waals surface area contributed by atoms with Crippen molar-refractivity contribution >= 4 is 29.1 Å². The number of rotatable bonds is 10. The molecule has 0 aliphatic rings. The molecule has 7 nitrogen and oxygen atoms in total. The van der Waals surface area contributed by atoms with E-state index >= 15 is 0 Å². The third kappa shape index (κ3) is 7.24. The second-order valence-electron chi connectivity index (χ2n) is 7.06. The normalized spacial score (nSPS) is 10.4. The highest BCUT2D eigenvalue weighted by Crippen LogP contribution is 2.18. The Hall–Kier alpha value is -3.35. The van der Waals surface area contributed by atoms with Crippen LogP contribution in [0, 0.1) is 5.92 Å². The number of nitrogens with one attached hydrogen (secondary N) is 3. The molecule has 0 radical (unpaired) electrons. The van der Waals surface area contributed by atoms with E-state index in [0.717, 1.165) is 0 Å². The van der Waals surface area contributed by atoms with E-state index in [1.54, 1.807) is 42.5 Å². The Morgan fingerprint density at radius 3 is 2.20 bits per heavy atom. The van der Waals surface area contributed by atoms with Crippen LogP contribution in [0.25, 0.3) is 0 Å². The second-order valence-corrected chi connectivity index (χ2v) is 7.06. The molecule has 3 N–H and O–H groups in total. The van der Waals surface area contributed by atoms with Crippen LogP contribution in [0.15, 0.2) is 48.5 Å². The molecule has 160 valence electrons. The summed E-state index contributed by atoms with van der Waals surface area (Å²) in [6.45, 7) is 6.37. The van der Waals surface area contributed by atoms with Crippen molar-refractivity contribution in [1.82, 2.24) is 5.32 Å². The van der Waals surface area contributed by atoms with Gasteiger partial charge in [0.1, 0.15) is 5.75 Å². The summed E-state index contributed by atoms with van der Waals surface area (Å²) in [5.74, 6) is 0.0231. The highest BCUT2D eigenvalue weighted by atomic mass is 16.5. The molecule has 30 heavy (non-hydrogen) atoms. The van der Waals surface area contributed by atoms with Crippen LogP contribution in [0.3, 0.4) is 0 Å². The summed E-state index contributed by atoms with van der Waals surface area (Å²) in [5, 5.41) is 8.42. The third-order valence-electron chi connectivity index (χ3n) is 4.26. The van der Waals surface area contributed by atoms with E-state index in [2.05, 4.69) is 16.0 Å². The number of carbonyl (C=O) groups is 3. The molecule has 0 heterocycles. The van der Waals surface area contributed by atoms with Crippen molar-refractivity contribution in [3.8, 4) is 5.75 Å². The van der Waals surface area contributed by atoms with E-state index in [1.807, 2.05) is 26.8 Å². The van der Waals surface area contributed by atoms with Gasteiger partial charge in [-0.05, 0) is 49.7 Å². The molecule has 0 atom stereocenters. The first kappa shape index (κ1) is 22.9. The summed E-state index contributed by atoms with van der Waals surface area (Å²) in [6, 6.07) is 14.0. The van der Waals surface area contributed by atoms with Gasteiger partial charge < -0.3 is 20.7 Å². The predicted molar refractivity (Wildman–Crippen MR) is 118 cm³/mol. The van der Waals surface area contributed by atoms with Gasteiger partial charge in [-0.3, -0.25) is 14.4 Å². The molecule has 2 rings (SSSR count). The number of amides is 3. The number of benzene rings is 2. The van der Waals surface area contributed by atoms with E-state index in [-0.39, 0.29) is 30.1 Å². The predicted octanol–water partition coefficient (Wildman–Crippen LogP) is 3.83. The molecule has 0 unspecified atom stereocenters. The molecule has 2 aromatic carbocycles. The number of ether oxygens (including phenoxy) is 1. The molecular formula is C23H29N3O4. The minimum Gasteiger partial charge on any atom is -0.493 e. The first-order chi connectivity index (χ1) is 14.4. The molecule has 0 fully saturated rings. The standard InChI is InChI=1S/C23H29N3O4/c1-4-30-20-9-6-5-8-19(20)23(29)24-15-7-10-21(27)25-17-11-13-18(14-12-17)26-22(28)16(2)3/h5-6,8-9,11-14,16H,4,7,10,15H2,1-3H3,(H,24,29)(H,25,27)(H,26,28). The molecule has 7 heteroatoms. The molecule has 0 aliphatic heterocycles. The van der Waals surface area contributed by atoms with Crippen LogP contribution < -0.4 is 20.7 Å². The van der Waals surface area contributed by atoms with Crippen molar-refractivity contribution in [2.45, 2.75) is 33.6 Å². The first-order valence-electron chi connectivity index (χ1n) is 10.1. The van der Waals surface area contributed by atoms with Crippen molar-refractivity contribution in [2.24, 2.45) is 5.92 Å². The molecule has 0 bridgehead atoms. The van der Waals surface area contributed by atoms with E-state index < -0.39 is 0 Å². The molecule has 0 saturated heterocycles. The third-order valence-corrected chi connectivity index (χ3v) is 4.26. The molecule has 0 aliphatic carbocycles. The largest absolute Gasteiger partial charge is 0.493 e. The summed E-state index contributed by atoms with van der Waals surface area (Å²) in [5.41, 5.74) is 1.81. The number of anilines is 2. The molecule has 3 amide bonds. The van der Waals surface area contributed by atoms with Gasteiger partial charge in [0.05, 0.1) is 12.2 Å². The molecule has 0 aromatic heterocycles. The van der Waals surface area contributed by atoms with Crippen LogP contribution in [-0.4, -0.2) is 30.9 Å². The summed E-state index contributed by atoms with van der Waals surface area (Å²) in [6.07, 6.45) is 0.788.